The fourth-order valence-corrected chi connectivity index (χ4v) is 3.55. The third-order valence-electron chi connectivity index (χ3n) is 4.58. The van der Waals surface area contributed by atoms with E-state index in [0.29, 0.717) is 35.7 Å². The molecule has 3 rings (SSSR count). The van der Waals surface area contributed by atoms with E-state index in [-0.39, 0.29) is 30.4 Å². The molecule has 146 valence electrons. The Morgan fingerprint density at radius 3 is 2.68 bits per heavy atom. The highest BCUT2D eigenvalue weighted by molar-refractivity contribution is 9.10. The van der Waals surface area contributed by atoms with Gasteiger partial charge < -0.3 is 15.0 Å². The van der Waals surface area contributed by atoms with Crippen molar-refractivity contribution in [2.75, 3.05) is 23.9 Å². The molecule has 2 aromatic rings. The Kier molecular flexibility index (Phi) is 6.46. The first kappa shape index (κ1) is 20.1. The third kappa shape index (κ3) is 4.59. The molecule has 2 aromatic carbocycles. The van der Waals surface area contributed by atoms with Gasteiger partial charge >= 0.3 is 0 Å². The summed E-state index contributed by atoms with van der Waals surface area (Å²) in [4.78, 5) is 38.6. The number of nitrogens with zero attached hydrogens (tertiary/aromatic N) is 1. The molecule has 0 aromatic heterocycles. The first-order valence-electron chi connectivity index (χ1n) is 9.05. The molecule has 28 heavy (non-hydrogen) atoms. The molecule has 0 spiro atoms. The number of carbonyl (C=O) groups is 3. The van der Waals surface area contributed by atoms with Crippen LogP contribution >= 0.6 is 15.9 Å². The smallest absolute Gasteiger partial charge is 0.227 e. The second-order valence-electron chi connectivity index (χ2n) is 6.48. The maximum absolute atomic E-state index is 12.5. The number of nitrogens with one attached hydrogen (secondary N) is 1. The Morgan fingerprint density at radius 2 is 1.96 bits per heavy atom. The molecule has 6 nitrogen and oxygen atoms in total. The van der Waals surface area contributed by atoms with E-state index in [1.54, 1.807) is 35.2 Å². The molecule has 0 bridgehead atoms. The van der Waals surface area contributed by atoms with Gasteiger partial charge in [0.25, 0.3) is 0 Å². The highest BCUT2D eigenvalue weighted by atomic mass is 79.9. The van der Waals surface area contributed by atoms with Crippen LogP contribution in [0.25, 0.3) is 0 Å². The SMILES string of the molecule is COc1ccc(Br)cc1C(=O)CCC(=O)Nc1ccccc1N1CCCC1=O. The number of ketones is 1. The second-order valence-corrected chi connectivity index (χ2v) is 7.40. The van der Waals surface area contributed by atoms with E-state index in [1.165, 1.54) is 7.11 Å². The lowest BCUT2D eigenvalue weighted by molar-refractivity contribution is -0.117. The summed E-state index contributed by atoms with van der Waals surface area (Å²) in [6.45, 7) is 0.646. The van der Waals surface area contributed by atoms with Crippen LogP contribution in [0.4, 0.5) is 11.4 Å². The molecule has 1 heterocycles. The number of hydrogen-bond donors (Lipinski definition) is 1. The van der Waals surface area contributed by atoms with Crippen LogP contribution in [-0.2, 0) is 9.59 Å². The topological polar surface area (TPSA) is 75.7 Å². The summed E-state index contributed by atoms with van der Waals surface area (Å²) in [7, 11) is 1.50. The second kappa shape index (κ2) is 9.01. The van der Waals surface area contributed by atoms with Gasteiger partial charge in [0.15, 0.2) is 5.78 Å². The van der Waals surface area contributed by atoms with Crippen LogP contribution in [-0.4, -0.2) is 31.3 Å². The zero-order valence-corrected chi connectivity index (χ0v) is 17.1. The van der Waals surface area contributed by atoms with Gasteiger partial charge in [-0.25, -0.2) is 0 Å². The highest BCUT2D eigenvalue weighted by Gasteiger charge is 2.24. The van der Waals surface area contributed by atoms with Crippen molar-refractivity contribution in [3.63, 3.8) is 0 Å². The monoisotopic (exact) mass is 444 g/mol. The molecule has 1 fully saturated rings. The maximum atomic E-state index is 12.5. The summed E-state index contributed by atoms with van der Waals surface area (Å²) in [5.74, 6) is 0.0860. The Balaban J connectivity index is 1.65. The van der Waals surface area contributed by atoms with Crippen LogP contribution < -0.4 is 15.0 Å². The van der Waals surface area contributed by atoms with Crippen LogP contribution in [0.2, 0.25) is 0 Å². The number of methoxy groups -OCH3 is 1. The van der Waals surface area contributed by atoms with E-state index < -0.39 is 0 Å². The summed E-state index contributed by atoms with van der Waals surface area (Å²) in [5.41, 5.74) is 1.71. The van der Waals surface area contributed by atoms with Crippen LogP contribution in [0.5, 0.6) is 5.75 Å². The number of hydrogen-bond acceptors (Lipinski definition) is 4. The van der Waals surface area contributed by atoms with Gasteiger partial charge in [-0.05, 0) is 36.8 Å². The summed E-state index contributed by atoms with van der Waals surface area (Å²) in [6, 6.07) is 12.4. The molecule has 7 heteroatoms. The average molecular weight is 445 g/mol. The van der Waals surface area contributed by atoms with E-state index >= 15 is 0 Å². The van der Waals surface area contributed by atoms with Crippen LogP contribution in [0.3, 0.4) is 0 Å². The number of Topliss-reactive ketones (excluding diaryl/α,β-unsaturated/α-hetero) is 1. The van der Waals surface area contributed by atoms with Gasteiger partial charge in [0, 0.05) is 30.3 Å². The van der Waals surface area contributed by atoms with Gasteiger partial charge in [-0.1, -0.05) is 28.1 Å². The van der Waals surface area contributed by atoms with Crippen molar-refractivity contribution in [2.45, 2.75) is 25.7 Å². The van der Waals surface area contributed by atoms with Crippen molar-refractivity contribution in [1.82, 2.24) is 0 Å². The largest absolute Gasteiger partial charge is 0.496 e. The standard InChI is InChI=1S/C21H21BrN2O4/c1-28-19-10-8-14(22)13-15(19)18(25)9-11-20(26)23-16-5-2-3-6-17(16)24-12-4-7-21(24)27/h2-3,5-6,8,10,13H,4,7,9,11-12H2,1H3,(H,23,26). The minimum atomic E-state index is -0.276. The third-order valence-corrected chi connectivity index (χ3v) is 5.08. The van der Waals surface area contributed by atoms with Gasteiger partial charge in [-0.2, -0.15) is 0 Å². The van der Waals surface area contributed by atoms with E-state index in [9.17, 15) is 14.4 Å². The lowest BCUT2D eigenvalue weighted by Crippen LogP contribution is -2.25. The lowest BCUT2D eigenvalue weighted by atomic mass is 10.1. The number of ether oxygens (including phenoxy) is 1. The zero-order valence-electron chi connectivity index (χ0n) is 15.5. The molecule has 1 aliphatic rings. The first-order chi connectivity index (χ1) is 13.5. The van der Waals surface area contributed by atoms with Gasteiger partial charge in [0.2, 0.25) is 11.8 Å². The zero-order chi connectivity index (χ0) is 20.1. The predicted octanol–water partition coefficient (Wildman–Crippen LogP) is 4.19. The molecule has 1 saturated heterocycles. The molecule has 0 atom stereocenters. The van der Waals surface area contributed by atoms with Crippen molar-refractivity contribution >= 4 is 44.9 Å². The minimum Gasteiger partial charge on any atom is -0.496 e. The fourth-order valence-electron chi connectivity index (χ4n) is 3.19. The van der Waals surface area contributed by atoms with Crippen molar-refractivity contribution in [3.05, 3.63) is 52.5 Å². The quantitative estimate of drug-likeness (QED) is 0.649. The number of halogens is 1. The van der Waals surface area contributed by atoms with Gasteiger partial charge in [0.05, 0.1) is 24.0 Å². The van der Waals surface area contributed by atoms with E-state index in [1.807, 2.05) is 12.1 Å². The molecular formula is C21H21BrN2O4. The number of benzene rings is 2. The number of carbonyl (C=O) groups excluding carboxylic acids is 3. The summed E-state index contributed by atoms with van der Waals surface area (Å²) in [6.07, 6.45) is 1.43. The molecule has 0 unspecified atom stereocenters. The summed E-state index contributed by atoms with van der Waals surface area (Å²) < 4.78 is 6.00. The van der Waals surface area contributed by atoms with Crippen molar-refractivity contribution < 1.29 is 19.1 Å². The van der Waals surface area contributed by atoms with Crippen LogP contribution in [0.1, 0.15) is 36.0 Å². The Hall–Kier alpha value is -2.67. The first-order valence-corrected chi connectivity index (χ1v) is 9.85. The molecule has 2 amide bonds. The van der Waals surface area contributed by atoms with Crippen LogP contribution in [0, 0.1) is 0 Å². The van der Waals surface area contributed by atoms with Crippen LogP contribution in [0.15, 0.2) is 46.9 Å². The van der Waals surface area contributed by atoms with Crippen molar-refractivity contribution in [2.24, 2.45) is 0 Å². The number of para-hydroxylation sites is 2. The number of rotatable bonds is 7. The van der Waals surface area contributed by atoms with Gasteiger partial charge in [0.1, 0.15) is 5.75 Å². The van der Waals surface area contributed by atoms with E-state index in [2.05, 4.69) is 21.2 Å². The van der Waals surface area contributed by atoms with Crippen molar-refractivity contribution in [1.29, 1.82) is 0 Å². The van der Waals surface area contributed by atoms with Gasteiger partial charge in [-0.15, -0.1) is 0 Å². The van der Waals surface area contributed by atoms with Crippen molar-refractivity contribution in [3.8, 4) is 5.75 Å². The number of anilines is 2. The molecule has 0 saturated carbocycles. The summed E-state index contributed by atoms with van der Waals surface area (Å²) >= 11 is 3.34. The van der Waals surface area contributed by atoms with Gasteiger partial charge in [-0.3, -0.25) is 14.4 Å². The molecule has 1 N–H and O–H groups in total. The predicted molar refractivity (Wildman–Crippen MR) is 111 cm³/mol. The van der Waals surface area contributed by atoms with E-state index in [0.717, 1.165) is 10.9 Å². The lowest BCUT2D eigenvalue weighted by Gasteiger charge is -2.20. The Bertz CT molecular complexity index is 913. The van der Waals surface area contributed by atoms with E-state index in [4.69, 9.17) is 4.74 Å². The molecule has 0 aliphatic carbocycles. The molecule has 0 radical (unpaired) electrons. The highest BCUT2D eigenvalue weighted by Crippen LogP contribution is 2.30. The Morgan fingerprint density at radius 1 is 1.18 bits per heavy atom. The molecular weight excluding hydrogens is 424 g/mol. The summed E-state index contributed by atoms with van der Waals surface area (Å²) in [5, 5.41) is 2.83. The minimum absolute atomic E-state index is 0.0385. The fraction of sp³-hybridized carbons (Fsp3) is 0.286. The Labute approximate surface area is 172 Å². The number of amides is 2. The maximum Gasteiger partial charge on any atom is 0.227 e. The normalized spacial score (nSPS) is 13.5. The average Bonchev–Trinajstić information content (AvgIpc) is 3.12. The molecule has 1 aliphatic heterocycles.